The van der Waals surface area contributed by atoms with Gasteiger partial charge in [-0.05, 0) is 38.5 Å². The molecule has 1 aromatic rings. The van der Waals surface area contributed by atoms with Crippen molar-refractivity contribution < 1.29 is 13.2 Å². The number of nitrogens with two attached hydrogens (primary N) is 1. The van der Waals surface area contributed by atoms with Gasteiger partial charge in [0.15, 0.2) is 0 Å². The number of hydrogen-bond acceptors (Lipinski definition) is 4. The van der Waals surface area contributed by atoms with Gasteiger partial charge in [-0.3, -0.25) is 0 Å². The van der Waals surface area contributed by atoms with Crippen LogP contribution in [0, 0.1) is 6.92 Å². The Hall–Kier alpha value is -1.02. The van der Waals surface area contributed by atoms with Crippen LogP contribution in [0.4, 0.5) is 0 Å². The average molecular weight is 328 g/mol. The first-order chi connectivity index (χ1) is 9.71. The molecule has 0 radical (unpaired) electrons. The molecule has 1 aliphatic heterocycles. The van der Waals surface area contributed by atoms with E-state index < -0.39 is 10.0 Å². The normalized spacial score (nSPS) is 24.0. The standard InChI is InChI=1S/C14H20N2O3S2/c1-9-6-12(14(15)20)4-5-13(9)21(17,18)16-7-10(2)19-11(3)8-16/h4-6,10-11H,7-8H2,1-3H3,(H2,15,20). The van der Waals surface area contributed by atoms with Crippen LogP contribution in [0.3, 0.4) is 0 Å². The molecule has 2 atom stereocenters. The Kier molecular flexibility index (Phi) is 4.67. The Balaban J connectivity index is 2.37. The molecule has 1 saturated heterocycles. The number of morpholine rings is 1. The zero-order chi connectivity index (χ0) is 15.8. The highest BCUT2D eigenvalue weighted by Crippen LogP contribution is 2.24. The van der Waals surface area contributed by atoms with Gasteiger partial charge in [0.1, 0.15) is 4.99 Å². The number of benzene rings is 1. The molecule has 0 aliphatic carbocycles. The number of sulfonamides is 1. The van der Waals surface area contributed by atoms with Crippen molar-refractivity contribution in [1.82, 2.24) is 4.31 Å². The van der Waals surface area contributed by atoms with E-state index in [1.807, 2.05) is 13.8 Å². The third kappa shape index (κ3) is 3.42. The molecule has 2 unspecified atom stereocenters. The van der Waals surface area contributed by atoms with Gasteiger partial charge in [-0.1, -0.05) is 18.3 Å². The number of aryl methyl sites for hydroxylation is 1. The molecule has 0 spiro atoms. The number of rotatable bonds is 3. The maximum Gasteiger partial charge on any atom is 0.243 e. The summed E-state index contributed by atoms with van der Waals surface area (Å²) in [5, 5.41) is 0. The smallest absolute Gasteiger partial charge is 0.243 e. The van der Waals surface area contributed by atoms with Gasteiger partial charge in [-0.15, -0.1) is 0 Å². The van der Waals surface area contributed by atoms with Gasteiger partial charge in [0.25, 0.3) is 0 Å². The highest BCUT2D eigenvalue weighted by atomic mass is 32.2. The van der Waals surface area contributed by atoms with Gasteiger partial charge < -0.3 is 10.5 Å². The monoisotopic (exact) mass is 328 g/mol. The van der Waals surface area contributed by atoms with Crippen LogP contribution < -0.4 is 5.73 Å². The highest BCUT2D eigenvalue weighted by Gasteiger charge is 2.33. The van der Waals surface area contributed by atoms with Gasteiger partial charge in [0, 0.05) is 18.7 Å². The minimum Gasteiger partial charge on any atom is -0.389 e. The van der Waals surface area contributed by atoms with Crippen LogP contribution in [-0.4, -0.2) is 43.0 Å². The minimum atomic E-state index is -3.53. The quantitative estimate of drug-likeness (QED) is 0.850. The molecule has 0 amide bonds. The Bertz CT molecular complexity index is 648. The second-order valence-electron chi connectivity index (χ2n) is 5.42. The molecule has 0 aromatic heterocycles. The van der Waals surface area contributed by atoms with Crippen LogP contribution >= 0.6 is 12.2 Å². The van der Waals surface area contributed by atoms with Crippen LogP contribution in [0.15, 0.2) is 23.1 Å². The van der Waals surface area contributed by atoms with Gasteiger partial charge in [-0.25, -0.2) is 8.42 Å². The van der Waals surface area contributed by atoms with E-state index >= 15 is 0 Å². The van der Waals surface area contributed by atoms with E-state index in [2.05, 4.69) is 0 Å². The molecule has 5 nitrogen and oxygen atoms in total. The summed E-state index contributed by atoms with van der Waals surface area (Å²) in [5.74, 6) is 0. The minimum absolute atomic E-state index is 0.111. The summed E-state index contributed by atoms with van der Waals surface area (Å²) in [6.45, 7) is 6.23. The van der Waals surface area contributed by atoms with Crippen molar-refractivity contribution in [2.75, 3.05) is 13.1 Å². The topological polar surface area (TPSA) is 72.6 Å². The van der Waals surface area contributed by atoms with Gasteiger partial charge in [0.2, 0.25) is 10.0 Å². The van der Waals surface area contributed by atoms with Crippen LogP contribution in [0.2, 0.25) is 0 Å². The first-order valence-electron chi connectivity index (χ1n) is 6.78. The maximum absolute atomic E-state index is 12.8. The summed E-state index contributed by atoms with van der Waals surface area (Å²) in [7, 11) is -3.53. The predicted molar refractivity (Wildman–Crippen MR) is 85.8 cm³/mol. The third-order valence-corrected chi connectivity index (χ3v) is 5.69. The second-order valence-corrected chi connectivity index (χ2v) is 7.77. The van der Waals surface area contributed by atoms with E-state index in [4.69, 9.17) is 22.7 Å². The fraction of sp³-hybridized carbons (Fsp3) is 0.500. The van der Waals surface area contributed by atoms with Crippen LogP contribution in [0.5, 0.6) is 0 Å². The third-order valence-electron chi connectivity index (χ3n) is 3.46. The van der Waals surface area contributed by atoms with Crippen molar-refractivity contribution in [2.24, 2.45) is 5.73 Å². The molecule has 116 valence electrons. The Morgan fingerprint density at radius 2 is 1.90 bits per heavy atom. The molecule has 1 aliphatic rings. The fourth-order valence-corrected chi connectivity index (χ4v) is 4.48. The van der Waals surface area contributed by atoms with Gasteiger partial charge >= 0.3 is 0 Å². The molecule has 1 heterocycles. The highest BCUT2D eigenvalue weighted by molar-refractivity contribution is 7.89. The maximum atomic E-state index is 12.8. The van der Waals surface area contributed by atoms with Crippen molar-refractivity contribution in [3.63, 3.8) is 0 Å². The van der Waals surface area contributed by atoms with E-state index in [0.717, 1.165) is 0 Å². The van der Waals surface area contributed by atoms with E-state index in [1.165, 1.54) is 4.31 Å². The van der Waals surface area contributed by atoms with Crippen molar-refractivity contribution in [3.8, 4) is 0 Å². The summed E-state index contributed by atoms with van der Waals surface area (Å²) in [6, 6.07) is 4.93. The molecule has 7 heteroatoms. The first kappa shape index (κ1) is 16.4. The lowest BCUT2D eigenvalue weighted by atomic mass is 10.1. The van der Waals surface area contributed by atoms with Gasteiger partial charge in [-0.2, -0.15) is 4.31 Å². The molecule has 0 saturated carbocycles. The zero-order valence-electron chi connectivity index (χ0n) is 12.4. The van der Waals surface area contributed by atoms with E-state index in [-0.39, 0.29) is 17.2 Å². The Morgan fingerprint density at radius 1 is 1.33 bits per heavy atom. The summed E-state index contributed by atoms with van der Waals surface area (Å²) in [5.41, 5.74) is 6.89. The van der Waals surface area contributed by atoms with E-state index in [1.54, 1.807) is 25.1 Å². The summed E-state index contributed by atoms with van der Waals surface area (Å²) >= 11 is 4.92. The molecule has 2 N–H and O–H groups in total. The number of thiocarbonyl (C=S) groups is 1. The largest absolute Gasteiger partial charge is 0.389 e. The second kappa shape index (κ2) is 6.00. The predicted octanol–water partition coefficient (Wildman–Crippen LogP) is 1.43. The van der Waals surface area contributed by atoms with Crippen LogP contribution in [0.25, 0.3) is 0 Å². The Labute approximate surface area is 131 Å². The summed E-state index contributed by atoms with van der Waals surface area (Å²) in [4.78, 5) is 0.555. The first-order valence-corrected chi connectivity index (χ1v) is 8.62. The molecular formula is C14H20N2O3S2. The van der Waals surface area contributed by atoms with Crippen molar-refractivity contribution in [1.29, 1.82) is 0 Å². The lowest BCUT2D eigenvalue weighted by Gasteiger charge is -2.34. The van der Waals surface area contributed by atoms with Crippen molar-refractivity contribution >= 4 is 27.2 Å². The van der Waals surface area contributed by atoms with Crippen LogP contribution in [0.1, 0.15) is 25.0 Å². The number of ether oxygens (including phenoxy) is 1. The molecule has 2 rings (SSSR count). The summed E-state index contributed by atoms with van der Waals surface area (Å²) in [6.07, 6.45) is -0.223. The van der Waals surface area contributed by atoms with Gasteiger partial charge in [0.05, 0.1) is 17.1 Å². The molecular weight excluding hydrogens is 308 g/mol. The molecule has 1 aromatic carbocycles. The lowest BCUT2D eigenvalue weighted by Crippen LogP contribution is -2.48. The average Bonchev–Trinajstić information content (AvgIpc) is 2.36. The molecule has 0 bridgehead atoms. The SMILES string of the molecule is Cc1cc(C(N)=S)ccc1S(=O)(=O)N1CC(C)OC(C)C1. The fourth-order valence-electron chi connectivity index (χ4n) is 2.56. The Morgan fingerprint density at radius 3 is 2.38 bits per heavy atom. The number of hydrogen-bond donors (Lipinski definition) is 1. The van der Waals surface area contributed by atoms with E-state index in [0.29, 0.717) is 29.1 Å². The van der Waals surface area contributed by atoms with E-state index in [9.17, 15) is 8.42 Å². The summed E-state index contributed by atoms with van der Waals surface area (Å²) < 4.78 is 32.6. The van der Waals surface area contributed by atoms with Crippen molar-refractivity contribution in [2.45, 2.75) is 37.9 Å². The zero-order valence-corrected chi connectivity index (χ0v) is 14.0. The molecule has 1 fully saturated rings. The lowest BCUT2D eigenvalue weighted by molar-refractivity contribution is -0.0440. The van der Waals surface area contributed by atoms with Crippen LogP contribution in [-0.2, 0) is 14.8 Å². The molecule has 21 heavy (non-hydrogen) atoms. The van der Waals surface area contributed by atoms with Crippen molar-refractivity contribution in [3.05, 3.63) is 29.3 Å². The number of nitrogens with zero attached hydrogens (tertiary/aromatic N) is 1.